The molecule has 1 amide bonds. The van der Waals surface area contributed by atoms with Crippen LogP contribution in [0.4, 0.5) is 0 Å². The first-order valence-corrected chi connectivity index (χ1v) is 10.9. The number of guanidine groups is 1. The third kappa shape index (κ3) is 3.85. The molecule has 0 spiro atoms. The maximum Gasteiger partial charge on any atom is 0.259 e. The molecule has 0 radical (unpaired) electrons. The first-order chi connectivity index (χ1) is 15.1. The second-order valence-corrected chi connectivity index (χ2v) is 8.51. The Hall–Kier alpha value is -3.07. The topological polar surface area (TPSA) is 39.2 Å². The first-order valence-electron chi connectivity index (χ1n) is 10.5. The van der Waals surface area contributed by atoms with Crippen LogP contribution in [0.2, 0.25) is 5.02 Å². The Balaban J connectivity index is 1.37. The van der Waals surface area contributed by atoms with Crippen LogP contribution >= 0.6 is 11.6 Å². The second kappa shape index (κ2) is 8.22. The fraction of sp³-hybridized carbons (Fsp3) is 0.280. The van der Waals surface area contributed by atoms with Crippen molar-refractivity contribution in [3.63, 3.8) is 0 Å². The van der Waals surface area contributed by atoms with E-state index in [0.29, 0.717) is 18.1 Å². The summed E-state index contributed by atoms with van der Waals surface area (Å²) in [4.78, 5) is 24.6. The molecule has 5 nitrogen and oxygen atoms in total. The lowest BCUT2D eigenvalue weighted by atomic mass is 10.00. The highest BCUT2D eigenvalue weighted by atomic mass is 35.5. The van der Waals surface area contributed by atoms with Crippen LogP contribution in [0.25, 0.3) is 0 Å². The molecule has 3 aliphatic rings. The van der Waals surface area contributed by atoms with E-state index >= 15 is 0 Å². The number of carbonyl (C=O) groups excluding carboxylic acids is 1. The molecule has 3 heterocycles. The molecule has 3 aliphatic heterocycles. The lowest BCUT2D eigenvalue weighted by Crippen LogP contribution is -2.53. The quantitative estimate of drug-likeness (QED) is 0.697. The molecule has 2 aromatic rings. The minimum Gasteiger partial charge on any atom is -0.314 e. The van der Waals surface area contributed by atoms with Crippen LogP contribution in [0.3, 0.4) is 0 Å². The number of rotatable bonds is 4. The monoisotopic (exact) mass is 430 g/mol. The van der Waals surface area contributed by atoms with Crippen molar-refractivity contribution >= 4 is 23.5 Å². The maximum atomic E-state index is 13.5. The van der Waals surface area contributed by atoms with Crippen molar-refractivity contribution in [3.8, 4) is 12.3 Å². The zero-order chi connectivity index (χ0) is 21.4. The average Bonchev–Trinajstić information content (AvgIpc) is 3.28. The molecule has 31 heavy (non-hydrogen) atoms. The molecule has 0 N–H and O–H groups in total. The lowest BCUT2D eigenvalue weighted by Gasteiger charge is -2.42. The van der Waals surface area contributed by atoms with Gasteiger partial charge in [-0.1, -0.05) is 41.8 Å². The summed E-state index contributed by atoms with van der Waals surface area (Å²) in [6.07, 6.45) is 6.32. The van der Waals surface area contributed by atoms with Crippen LogP contribution in [0.15, 0.2) is 64.8 Å². The number of hydrogen-bond acceptors (Lipinski definition) is 4. The number of terminal acetylenes is 1. The molecule has 0 saturated heterocycles. The highest BCUT2D eigenvalue weighted by molar-refractivity contribution is 6.30. The molecule has 0 atom stereocenters. The third-order valence-corrected chi connectivity index (χ3v) is 6.32. The van der Waals surface area contributed by atoms with Crippen molar-refractivity contribution in [2.75, 3.05) is 26.2 Å². The van der Waals surface area contributed by atoms with E-state index in [4.69, 9.17) is 18.0 Å². The fourth-order valence-electron chi connectivity index (χ4n) is 4.49. The van der Waals surface area contributed by atoms with E-state index in [1.165, 1.54) is 5.56 Å². The van der Waals surface area contributed by atoms with Crippen LogP contribution in [0, 0.1) is 12.3 Å². The Morgan fingerprint density at radius 2 is 1.71 bits per heavy atom. The van der Waals surface area contributed by atoms with Crippen LogP contribution in [0.5, 0.6) is 0 Å². The number of fused-ring (bicyclic) bond motifs is 2. The predicted octanol–water partition coefficient (Wildman–Crippen LogP) is 3.50. The van der Waals surface area contributed by atoms with Crippen molar-refractivity contribution in [2.45, 2.75) is 19.5 Å². The van der Waals surface area contributed by atoms with E-state index in [-0.39, 0.29) is 5.91 Å². The smallest absolute Gasteiger partial charge is 0.259 e. The summed E-state index contributed by atoms with van der Waals surface area (Å²) in [5, 5.41) is 0.691. The molecule has 0 unspecified atom stereocenters. The van der Waals surface area contributed by atoms with Gasteiger partial charge in [-0.3, -0.25) is 19.6 Å². The molecule has 5 rings (SSSR count). The summed E-state index contributed by atoms with van der Waals surface area (Å²) in [7, 11) is 0. The van der Waals surface area contributed by atoms with Gasteiger partial charge < -0.3 is 4.90 Å². The summed E-state index contributed by atoms with van der Waals surface area (Å²) in [6, 6.07) is 15.7. The number of benzene rings is 2. The summed E-state index contributed by atoms with van der Waals surface area (Å²) in [5.41, 5.74) is 5.16. The van der Waals surface area contributed by atoms with Crippen molar-refractivity contribution in [1.29, 1.82) is 0 Å². The highest BCUT2D eigenvalue weighted by Crippen LogP contribution is 2.32. The zero-order valence-electron chi connectivity index (χ0n) is 17.2. The van der Waals surface area contributed by atoms with Crippen molar-refractivity contribution < 1.29 is 4.79 Å². The number of halogens is 1. The van der Waals surface area contributed by atoms with Gasteiger partial charge in [0.15, 0.2) is 0 Å². The molecule has 156 valence electrons. The second-order valence-electron chi connectivity index (χ2n) is 8.08. The Labute approximate surface area is 187 Å². The average molecular weight is 431 g/mol. The molecular formula is C25H23ClN4O. The van der Waals surface area contributed by atoms with Gasteiger partial charge >= 0.3 is 0 Å². The number of amides is 1. The predicted molar refractivity (Wildman–Crippen MR) is 122 cm³/mol. The van der Waals surface area contributed by atoms with Gasteiger partial charge in [0.1, 0.15) is 0 Å². The number of hydrogen-bond donors (Lipinski definition) is 0. The minimum absolute atomic E-state index is 0.0641. The summed E-state index contributed by atoms with van der Waals surface area (Å²) >= 11 is 6.03. The van der Waals surface area contributed by atoms with Crippen molar-refractivity contribution in [1.82, 2.24) is 14.7 Å². The van der Waals surface area contributed by atoms with Crippen LogP contribution < -0.4 is 0 Å². The van der Waals surface area contributed by atoms with Gasteiger partial charge in [0.2, 0.25) is 5.96 Å². The van der Waals surface area contributed by atoms with Gasteiger partial charge in [0, 0.05) is 48.9 Å². The molecular weight excluding hydrogens is 408 g/mol. The summed E-state index contributed by atoms with van der Waals surface area (Å²) in [6.45, 7) is 4.42. The standard InChI is InChI=1S/C25H23ClN4O/c1-2-18-3-5-19(6-4-18)15-28-13-11-23-22(17-28)24(31)30(25-27-12-14-29(23)25)16-20-7-9-21(26)10-8-20/h1,3-10H,11-17H2. The van der Waals surface area contributed by atoms with Gasteiger partial charge in [0.25, 0.3) is 5.91 Å². The first kappa shape index (κ1) is 19.9. The summed E-state index contributed by atoms with van der Waals surface area (Å²) < 4.78 is 0. The number of carbonyl (C=O) groups is 1. The minimum atomic E-state index is 0.0641. The third-order valence-electron chi connectivity index (χ3n) is 6.06. The normalized spacial score (nSPS) is 18.6. The maximum absolute atomic E-state index is 13.5. The van der Waals surface area contributed by atoms with Gasteiger partial charge in [-0.05, 0) is 35.4 Å². The Bertz CT molecular complexity index is 1110. The van der Waals surface area contributed by atoms with E-state index in [9.17, 15) is 4.79 Å². The van der Waals surface area contributed by atoms with Gasteiger partial charge in [-0.25, -0.2) is 0 Å². The van der Waals surface area contributed by atoms with Crippen molar-refractivity contribution in [2.24, 2.45) is 4.99 Å². The fourth-order valence-corrected chi connectivity index (χ4v) is 4.61. The van der Waals surface area contributed by atoms with Crippen LogP contribution in [0.1, 0.15) is 23.1 Å². The SMILES string of the molecule is C#Cc1ccc(CN2CCC3=C(C2)C(=O)N(Cc2ccc(Cl)cc2)C2=NCCN23)cc1. The Morgan fingerprint density at radius 1 is 1.00 bits per heavy atom. The number of aliphatic imine (C=N–C) groups is 1. The molecule has 0 bridgehead atoms. The molecule has 0 saturated carbocycles. The zero-order valence-corrected chi connectivity index (χ0v) is 18.0. The van der Waals surface area contributed by atoms with Gasteiger partial charge in [-0.15, -0.1) is 6.42 Å². The Kier molecular flexibility index (Phi) is 5.27. The van der Waals surface area contributed by atoms with E-state index in [1.807, 2.05) is 41.3 Å². The van der Waals surface area contributed by atoms with Crippen LogP contribution in [-0.4, -0.2) is 52.7 Å². The summed E-state index contributed by atoms with van der Waals surface area (Å²) in [5.74, 6) is 3.51. The molecule has 6 heteroatoms. The van der Waals surface area contributed by atoms with E-state index < -0.39 is 0 Å². The lowest BCUT2D eigenvalue weighted by molar-refractivity contribution is -0.125. The number of nitrogens with zero attached hydrogens (tertiary/aromatic N) is 4. The largest absolute Gasteiger partial charge is 0.314 e. The van der Waals surface area contributed by atoms with E-state index in [1.54, 1.807) is 0 Å². The van der Waals surface area contributed by atoms with E-state index in [0.717, 1.165) is 61.0 Å². The molecule has 0 aromatic heterocycles. The van der Waals surface area contributed by atoms with E-state index in [2.05, 4.69) is 32.8 Å². The highest BCUT2D eigenvalue weighted by Gasteiger charge is 2.40. The molecule has 2 aromatic carbocycles. The Morgan fingerprint density at radius 3 is 2.45 bits per heavy atom. The van der Waals surface area contributed by atoms with Gasteiger partial charge in [0.05, 0.1) is 18.7 Å². The molecule has 0 aliphatic carbocycles. The van der Waals surface area contributed by atoms with Gasteiger partial charge in [-0.2, -0.15) is 0 Å². The van der Waals surface area contributed by atoms with Crippen LogP contribution in [-0.2, 0) is 17.9 Å². The molecule has 0 fully saturated rings. The van der Waals surface area contributed by atoms with Crippen molar-refractivity contribution in [3.05, 3.63) is 81.5 Å².